The highest BCUT2D eigenvalue weighted by molar-refractivity contribution is 6.45. The SMILES string of the molecule is Cc1cc(Cl)ccc1N1C(=O)C(c2ccc(F)cc2)=C(N2CC(C)CC(C)C2)C1=O. The summed E-state index contributed by atoms with van der Waals surface area (Å²) < 4.78 is 13.5. The first-order chi connectivity index (χ1) is 14.3. The molecule has 0 radical (unpaired) electrons. The number of halogens is 2. The van der Waals surface area contributed by atoms with Crippen LogP contribution in [0.15, 0.2) is 48.2 Å². The van der Waals surface area contributed by atoms with E-state index < -0.39 is 5.91 Å². The second kappa shape index (κ2) is 7.88. The number of hydrogen-bond donors (Lipinski definition) is 0. The second-order valence-electron chi connectivity index (χ2n) is 8.46. The second-order valence-corrected chi connectivity index (χ2v) is 8.89. The molecule has 0 aromatic heterocycles. The average Bonchev–Trinajstić information content (AvgIpc) is 2.92. The number of imide groups is 1. The van der Waals surface area contributed by atoms with Gasteiger partial charge in [0.05, 0.1) is 11.3 Å². The third kappa shape index (κ3) is 3.63. The Kier molecular flexibility index (Phi) is 5.41. The number of nitrogens with zero attached hydrogens (tertiary/aromatic N) is 2. The van der Waals surface area contributed by atoms with Crippen LogP contribution >= 0.6 is 11.6 Å². The molecular formula is C24H24ClFN2O2. The molecule has 6 heteroatoms. The summed E-state index contributed by atoms with van der Waals surface area (Å²) in [7, 11) is 0. The first-order valence-electron chi connectivity index (χ1n) is 10.2. The minimum absolute atomic E-state index is 0.329. The van der Waals surface area contributed by atoms with Crippen LogP contribution in [-0.2, 0) is 9.59 Å². The van der Waals surface area contributed by atoms with E-state index in [9.17, 15) is 14.0 Å². The van der Waals surface area contributed by atoms with E-state index in [4.69, 9.17) is 11.6 Å². The predicted octanol–water partition coefficient (Wildman–Crippen LogP) is 5.05. The summed E-state index contributed by atoms with van der Waals surface area (Å²) in [5.74, 6) is -0.304. The summed E-state index contributed by atoms with van der Waals surface area (Å²) in [5.41, 5.74) is 2.53. The maximum atomic E-state index is 13.6. The fourth-order valence-corrected chi connectivity index (χ4v) is 4.85. The van der Waals surface area contributed by atoms with Gasteiger partial charge in [-0.2, -0.15) is 0 Å². The van der Waals surface area contributed by atoms with Crippen molar-refractivity contribution in [2.75, 3.05) is 18.0 Å². The molecule has 2 heterocycles. The van der Waals surface area contributed by atoms with Gasteiger partial charge in [-0.15, -0.1) is 0 Å². The van der Waals surface area contributed by atoms with Crippen molar-refractivity contribution in [1.29, 1.82) is 0 Å². The first kappa shape index (κ1) is 20.6. The summed E-state index contributed by atoms with van der Waals surface area (Å²) >= 11 is 6.08. The maximum Gasteiger partial charge on any atom is 0.282 e. The van der Waals surface area contributed by atoms with E-state index in [1.165, 1.54) is 17.0 Å². The molecular weight excluding hydrogens is 403 g/mol. The highest BCUT2D eigenvalue weighted by atomic mass is 35.5. The zero-order chi connectivity index (χ0) is 21.6. The number of hydrogen-bond acceptors (Lipinski definition) is 3. The predicted molar refractivity (Wildman–Crippen MR) is 117 cm³/mol. The smallest absolute Gasteiger partial charge is 0.282 e. The average molecular weight is 427 g/mol. The van der Waals surface area contributed by atoms with Crippen LogP contribution in [0, 0.1) is 24.6 Å². The van der Waals surface area contributed by atoms with E-state index in [0.717, 1.165) is 12.0 Å². The molecule has 4 nitrogen and oxygen atoms in total. The van der Waals surface area contributed by atoms with Crippen LogP contribution in [0.1, 0.15) is 31.4 Å². The molecule has 156 valence electrons. The van der Waals surface area contributed by atoms with Crippen LogP contribution < -0.4 is 4.90 Å². The summed E-state index contributed by atoms with van der Waals surface area (Å²) in [6.07, 6.45) is 1.08. The van der Waals surface area contributed by atoms with Crippen LogP contribution in [0.4, 0.5) is 10.1 Å². The van der Waals surface area contributed by atoms with Crippen LogP contribution in [0.25, 0.3) is 5.57 Å². The molecule has 2 aromatic rings. The molecule has 2 unspecified atom stereocenters. The van der Waals surface area contributed by atoms with E-state index in [1.54, 1.807) is 30.3 Å². The number of benzene rings is 2. The fraction of sp³-hybridized carbons (Fsp3) is 0.333. The lowest BCUT2D eigenvalue weighted by molar-refractivity contribution is -0.120. The standard InChI is InChI=1S/C24H24ClFN2O2/c1-14-10-15(2)13-27(12-14)22-21(17-4-7-19(26)8-5-17)23(29)28(24(22)30)20-9-6-18(25)11-16(20)3/h4-9,11,14-15H,10,12-13H2,1-3H3. The molecule has 0 N–H and O–H groups in total. The zero-order valence-corrected chi connectivity index (χ0v) is 18.0. The third-order valence-corrected chi connectivity index (χ3v) is 6.01. The van der Waals surface area contributed by atoms with Crippen molar-refractivity contribution in [3.63, 3.8) is 0 Å². The van der Waals surface area contributed by atoms with Crippen molar-refractivity contribution in [3.05, 3.63) is 70.1 Å². The minimum atomic E-state index is -0.391. The molecule has 2 atom stereocenters. The van der Waals surface area contributed by atoms with Crippen molar-refractivity contribution in [1.82, 2.24) is 4.90 Å². The quantitative estimate of drug-likeness (QED) is 0.645. The molecule has 0 aliphatic carbocycles. The van der Waals surface area contributed by atoms with E-state index in [0.29, 0.717) is 52.5 Å². The normalized spacial score (nSPS) is 22.3. The first-order valence-corrected chi connectivity index (χ1v) is 10.5. The summed E-state index contributed by atoms with van der Waals surface area (Å²) in [5, 5.41) is 0.543. The van der Waals surface area contributed by atoms with Gasteiger partial charge < -0.3 is 4.90 Å². The molecule has 0 spiro atoms. The lowest BCUT2D eigenvalue weighted by atomic mass is 9.91. The molecule has 2 amide bonds. The Labute approximate surface area is 180 Å². The number of amides is 2. The Hall–Kier alpha value is -2.66. The van der Waals surface area contributed by atoms with E-state index in [-0.39, 0.29) is 11.7 Å². The summed E-state index contributed by atoms with van der Waals surface area (Å²) in [4.78, 5) is 30.4. The summed E-state index contributed by atoms with van der Waals surface area (Å²) in [6.45, 7) is 7.54. The van der Waals surface area contributed by atoms with Gasteiger partial charge in [-0.3, -0.25) is 9.59 Å². The van der Waals surface area contributed by atoms with Crippen molar-refractivity contribution in [2.24, 2.45) is 11.8 Å². The lowest BCUT2D eigenvalue weighted by Crippen LogP contribution is -2.42. The highest BCUT2D eigenvalue weighted by Crippen LogP contribution is 2.38. The molecule has 1 saturated heterocycles. The van der Waals surface area contributed by atoms with Gasteiger partial charge in [-0.05, 0) is 66.6 Å². The number of rotatable bonds is 3. The monoisotopic (exact) mass is 426 g/mol. The zero-order valence-electron chi connectivity index (χ0n) is 17.3. The molecule has 0 bridgehead atoms. The van der Waals surface area contributed by atoms with Crippen molar-refractivity contribution >= 4 is 34.7 Å². The molecule has 1 fully saturated rings. The molecule has 2 aromatic carbocycles. The Morgan fingerprint density at radius 2 is 1.60 bits per heavy atom. The molecule has 4 rings (SSSR count). The third-order valence-electron chi connectivity index (χ3n) is 5.78. The van der Waals surface area contributed by atoms with E-state index in [1.807, 2.05) is 11.8 Å². The van der Waals surface area contributed by atoms with Crippen LogP contribution in [-0.4, -0.2) is 29.8 Å². The number of likely N-dealkylation sites (tertiary alicyclic amines) is 1. The van der Waals surface area contributed by atoms with Crippen LogP contribution in [0.3, 0.4) is 0 Å². The Morgan fingerprint density at radius 3 is 2.20 bits per heavy atom. The van der Waals surface area contributed by atoms with Gasteiger partial charge in [0.15, 0.2) is 0 Å². The number of aryl methyl sites for hydroxylation is 1. The molecule has 2 aliphatic heterocycles. The van der Waals surface area contributed by atoms with E-state index >= 15 is 0 Å². The lowest BCUT2D eigenvalue weighted by Gasteiger charge is -2.37. The van der Waals surface area contributed by atoms with Gasteiger partial charge in [0.25, 0.3) is 11.8 Å². The van der Waals surface area contributed by atoms with Gasteiger partial charge in [-0.1, -0.05) is 37.6 Å². The van der Waals surface area contributed by atoms with Gasteiger partial charge in [0.1, 0.15) is 11.5 Å². The van der Waals surface area contributed by atoms with Gasteiger partial charge >= 0.3 is 0 Å². The molecule has 30 heavy (non-hydrogen) atoms. The minimum Gasteiger partial charge on any atom is -0.366 e. The largest absolute Gasteiger partial charge is 0.366 e. The van der Waals surface area contributed by atoms with Gasteiger partial charge in [0, 0.05) is 18.1 Å². The number of carbonyl (C=O) groups is 2. The Balaban J connectivity index is 1.85. The van der Waals surface area contributed by atoms with Crippen molar-refractivity contribution < 1.29 is 14.0 Å². The topological polar surface area (TPSA) is 40.6 Å². The number of piperidine rings is 1. The van der Waals surface area contributed by atoms with Crippen LogP contribution in [0.5, 0.6) is 0 Å². The number of anilines is 1. The Bertz CT molecular complexity index is 1040. The molecule has 0 saturated carbocycles. The van der Waals surface area contributed by atoms with Crippen molar-refractivity contribution in [2.45, 2.75) is 27.2 Å². The Morgan fingerprint density at radius 1 is 0.967 bits per heavy atom. The van der Waals surface area contributed by atoms with Crippen molar-refractivity contribution in [3.8, 4) is 0 Å². The maximum absolute atomic E-state index is 13.6. The fourth-order valence-electron chi connectivity index (χ4n) is 4.62. The van der Waals surface area contributed by atoms with E-state index in [2.05, 4.69) is 13.8 Å². The van der Waals surface area contributed by atoms with Crippen LogP contribution in [0.2, 0.25) is 5.02 Å². The van der Waals surface area contributed by atoms with Gasteiger partial charge in [-0.25, -0.2) is 9.29 Å². The highest BCUT2D eigenvalue weighted by Gasteiger charge is 2.44. The van der Waals surface area contributed by atoms with Gasteiger partial charge in [0.2, 0.25) is 0 Å². The summed E-state index contributed by atoms with van der Waals surface area (Å²) in [6, 6.07) is 10.9. The number of carbonyl (C=O) groups excluding carboxylic acids is 2. The molecule has 2 aliphatic rings.